The fourth-order valence-electron chi connectivity index (χ4n) is 2.66. The predicted octanol–water partition coefficient (Wildman–Crippen LogP) is -0.000200. The molecular formula is C14H20N6O2. The molecule has 0 bridgehead atoms. The van der Waals surface area contributed by atoms with Crippen LogP contribution in [0.5, 0.6) is 0 Å². The topological polar surface area (TPSA) is 86.9 Å². The normalized spacial score (nSPS) is 17.2. The van der Waals surface area contributed by atoms with Gasteiger partial charge in [-0.2, -0.15) is 5.10 Å². The second kappa shape index (κ2) is 6.69. The molecule has 0 fully saturated rings. The molecular weight excluding hydrogens is 284 g/mol. The summed E-state index contributed by atoms with van der Waals surface area (Å²) in [4.78, 5) is 20.6. The van der Waals surface area contributed by atoms with Crippen molar-refractivity contribution in [2.75, 3.05) is 13.7 Å². The van der Waals surface area contributed by atoms with Crippen molar-refractivity contribution in [2.24, 2.45) is 5.92 Å². The van der Waals surface area contributed by atoms with E-state index in [-0.39, 0.29) is 11.8 Å². The van der Waals surface area contributed by atoms with Crippen LogP contribution < -0.4 is 5.32 Å². The Bertz CT molecular complexity index is 635. The van der Waals surface area contributed by atoms with E-state index in [1.807, 2.05) is 9.25 Å². The lowest BCUT2D eigenvalue weighted by Gasteiger charge is -2.21. The summed E-state index contributed by atoms with van der Waals surface area (Å²) in [6.45, 7) is 2.43. The number of nitrogens with zero attached hydrogens (tertiary/aromatic N) is 5. The SMILES string of the molecule is COCCn1cncc1CNC(=O)C1CCc2ncnn2C1. The fourth-order valence-corrected chi connectivity index (χ4v) is 2.66. The van der Waals surface area contributed by atoms with E-state index < -0.39 is 0 Å². The zero-order valence-corrected chi connectivity index (χ0v) is 12.6. The standard InChI is InChI=1S/C14H20N6O2/c1-22-5-4-19-10-15-6-12(19)7-16-14(21)11-2-3-13-17-9-18-20(13)8-11/h6,9-11H,2-5,7-8H2,1H3,(H,16,21). The van der Waals surface area contributed by atoms with Gasteiger partial charge in [0, 0.05) is 26.3 Å². The van der Waals surface area contributed by atoms with E-state index in [1.165, 1.54) is 0 Å². The summed E-state index contributed by atoms with van der Waals surface area (Å²) in [6, 6.07) is 0. The molecule has 3 heterocycles. The van der Waals surface area contributed by atoms with Crippen molar-refractivity contribution in [1.29, 1.82) is 0 Å². The van der Waals surface area contributed by atoms with Crippen LogP contribution in [0.25, 0.3) is 0 Å². The average Bonchev–Trinajstić information content (AvgIpc) is 3.18. The van der Waals surface area contributed by atoms with E-state index >= 15 is 0 Å². The lowest BCUT2D eigenvalue weighted by atomic mass is 9.99. The molecule has 1 unspecified atom stereocenters. The van der Waals surface area contributed by atoms with E-state index in [0.29, 0.717) is 19.7 Å². The van der Waals surface area contributed by atoms with Gasteiger partial charge < -0.3 is 14.6 Å². The Labute approximate surface area is 128 Å². The van der Waals surface area contributed by atoms with E-state index in [4.69, 9.17) is 4.74 Å². The highest BCUT2D eigenvalue weighted by atomic mass is 16.5. The van der Waals surface area contributed by atoms with Gasteiger partial charge in [0.1, 0.15) is 12.2 Å². The van der Waals surface area contributed by atoms with Crippen LogP contribution in [-0.4, -0.2) is 43.9 Å². The second-order valence-electron chi connectivity index (χ2n) is 5.38. The zero-order valence-electron chi connectivity index (χ0n) is 12.6. The molecule has 2 aromatic heterocycles. The Morgan fingerprint density at radius 1 is 1.55 bits per heavy atom. The van der Waals surface area contributed by atoms with Gasteiger partial charge in [-0.3, -0.25) is 4.79 Å². The Hall–Kier alpha value is -2.22. The van der Waals surface area contributed by atoms with Gasteiger partial charge in [-0.25, -0.2) is 14.6 Å². The van der Waals surface area contributed by atoms with Gasteiger partial charge in [0.05, 0.1) is 37.6 Å². The molecule has 3 rings (SSSR count). The quantitative estimate of drug-likeness (QED) is 0.812. The fraction of sp³-hybridized carbons (Fsp3) is 0.571. The number of hydrogen-bond acceptors (Lipinski definition) is 5. The molecule has 0 aromatic carbocycles. The molecule has 22 heavy (non-hydrogen) atoms. The summed E-state index contributed by atoms with van der Waals surface area (Å²) in [5.41, 5.74) is 0.975. The van der Waals surface area contributed by atoms with Gasteiger partial charge in [-0.05, 0) is 6.42 Å². The number of nitrogens with one attached hydrogen (secondary N) is 1. The summed E-state index contributed by atoms with van der Waals surface area (Å²) < 4.78 is 8.87. The Morgan fingerprint density at radius 3 is 3.32 bits per heavy atom. The molecule has 1 aliphatic heterocycles. The van der Waals surface area contributed by atoms with Crippen LogP contribution in [0.1, 0.15) is 17.9 Å². The number of rotatable bonds is 6. The molecule has 0 saturated carbocycles. The minimum atomic E-state index is -0.0513. The monoisotopic (exact) mass is 304 g/mol. The van der Waals surface area contributed by atoms with Crippen LogP contribution in [0.2, 0.25) is 0 Å². The zero-order chi connectivity index (χ0) is 15.4. The maximum absolute atomic E-state index is 12.3. The second-order valence-corrected chi connectivity index (χ2v) is 5.38. The van der Waals surface area contributed by atoms with Crippen molar-refractivity contribution in [1.82, 2.24) is 29.6 Å². The first-order valence-electron chi connectivity index (χ1n) is 7.40. The van der Waals surface area contributed by atoms with Crippen molar-refractivity contribution in [3.05, 3.63) is 30.4 Å². The van der Waals surface area contributed by atoms with Crippen molar-refractivity contribution in [3.63, 3.8) is 0 Å². The van der Waals surface area contributed by atoms with Gasteiger partial charge in [0.15, 0.2) is 0 Å². The summed E-state index contributed by atoms with van der Waals surface area (Å²) in [6.07, 6.45) is 6.68. The number of carbonyl (C=O) groups excluding carboxylic acids is 1. The minimum absolute atomic E-state index is 0.0513. The minimum Gasteiger partial charge on any atom is -0.383 e. The van der Waals surface area contributed by atoms with Gasteiger partial charge in [0.25, 0.3) is 0 Å². The van der Waals surface area contributed by atoms with Crippen molar-refractivity contribution in [3.8, 4) is 0 Å². The third-order valence-corrected chi connectivity index (χ3v) is 3.95. The van der Waals surface area contributed by atoms with E-state index in [1.54, 1.807) is 26.0 Å². The molecule has 8 heteroatoms. The summed E-state index contributed by atoms with van der Waals surface area (Å²) in [5, 5.41) is 7.14. The molecule has 1 N–H and O–H groups in total. The van der Waals surface area contributed by atoms with Crippen molar-refractivity contribution < 1.29 is 9.53 Å². The van der Waals surface area contributed by atoms with Gasteiger partial charge in [-0.1, -0.05) is 0 Å². The molecule has 1 atom stereocenters. The summed E-state index contributed by atoms with van der Waals surface area (Å²) in [7, 11) is 1.67. The average molecular weight is 304 g/mol. The van der Waals surface area contributed by atoms with Crippen molar-refractivity contribution >= 4 is 5.91 Å². The summed E-state index contributed by atoms with van der Waals surface area (Å²) >= 11 is 0. The van der Waals surface area contributed by atoms with E-state index in [2.05, 4.69) is 20.4 Å². The highest BCUT2D eigenvalue weighted by molar-refractivity contribution is 5.78. The molecule has 2 aromatic rings. The molecule has 0 aliphatic carbocycles. The maximum Gasteiger partial charge on any atom is 0.225 e. The molecule has 0 saturated heterocycles. The van der Waals surface area contributed by atoms with E-state index in [9.17, 15) is 4.79 Å². The van der Waals surface area contributed by atoms with Crippen LogP contribution in [-0.2, 0) is 35.6 Å². The first-order valence-corrected chi connectivity index (χ1v) is 7.40. The van der Waals surface area contributed by atoms with Crippen LogP contribution in [0.3, 0.4) is 0 Å². The molecule has 1 aliphatic rings. The molecule has 1 amide bonds. The molecule has 0 radical (unpaired) electrons. The van der Waals surface area contributed by atoms with Gasteiger partial charge >= 0.3 is 0 Å². The third-order valence-electron chi connectivity index (χ3n) is 3.95. The third kappa shape index (κ3) is 3.16. The molecule has 118 valence electrons. The molecule has 0 spiro atoms. The Balaban J connectivity index is 1.54. The smallest absolute Gasteiger partial charge is 0.225 e. The lowest BCUT2D eigenvalue weighted by molar-refractivity contribution is -0.126. The Morgan fingerprint density at radius 2 is 2.45 bits per heavy atom. The van der Waals surface area contributed by atoms with E-state index in [0.717, 1.165) is 30.9 Å². The number of imidazole rings is 1. The van der Waals surface area contributed by atoms with Crippen LogP contribution in [0.4, 0.5) is 0 Å². The maximum atomic E-state index is 12.3. The number of hydrogen-bond donors (Lipinski definition) is 1. The van der Waals surface area contributed by atoms with Crippen LogP contribution in [0, 0.1) is 5.92 Å². The Kier molecular flexibility index (Phi) is 4.47. The highest BCUT2D eigenvalue weighted by Crippen LogP contribution is 2.17. The number of methoxy groups -OCH3 is 1. The van der Waals surface area contributed by atoms with Crippen LogP contribution in [0.15, 0.2) is 18.9 Å². The number of amides is 1. The number of carbonyl (C=O) groups is 1. The number of aryl methyl sites for hydroxylation is 1. The molecule has 8 nitrogen and oxygen atoms in total. The first-order chi connectivity index (χ1) is 10.8. The number of ether oxygens (including phenoxy) is 1. The highest BCUT2D eigenvalue weighted by Gasteiger charge is 2.25. The number of fused-ring (bicyclic) bond motifs is 1. The first kappa shape index (κ1) is 14.7. The lowest BCUT2D eigenvalue weighted by Crippen LogP contribution is -2.36. The van der Waals surface area contributed by atoms with Crippen molar-refractivity contribution in [2.45, 2.75) is 32.5 Å². The largest absolute Gasteiger partial charge is 0.383 e. The van der Waals surface area contributed by atoms with Gasteiger partial charge in [-0.15, -0.1) is 0 Å². The predicted molar refractivity (Wildman–Crippen MR) is 77.8 cm³/mol. The number of aromatic nitrogens is 5. The summed E-state index contributed by atoms with van der Waals surface area (Å²) in [5.74, 6) is 0.965. The van der Waals surface area contributed by atoms with Gasteiger partial charge in [0.2, 0.25) is 5.91 Å². The van der Waals surface area contributed by atoms with Crippen LogP contribution >= 0.6 is 0 Å².